The van der Waals surface area contributed by atoms with E-state index < -0.39 is 0 Å². The van der Waals surface area contributed by atoms with Crippen LogP contribution in [0.15, 0.2) is 35.1 Å². The average Bonchev–Trinajstić information content (AvgIpc) is 2.22. The molecule has 0 amide bonds. The van der Waals surface area contributed by atoms with Crippen LogP contribution >= 0.6 is 0 Å². The Bertz CT molecular complexity index is 591. The lowest BCUT2D eigenvalue weighted by molar-refractivity contribution is 0.156. The molecular formula is C13H15NO2. The number of hydrogen-bond acceptors (Lipinski definition) is 2. The van der Waals surface area contributed by atoms with Crippen molar-refractivity contribution in [1.29, 1.82) is 0 Å². The van der Waals surface area contributed by atoms with Gasteiger partial charge in [0.05, 0.1) is 11.1 Å². The number of hydrogen-bond donors (Lipinski definition) is 1. The van der Waals surface area contributed by atoms with Crippen molar-refractivity contribution in [3.63, 3.8) is 0 Å². The summed E-state index contributed by atoms with van der Waals surface area (Å²) in [6, 6.07) is 9.13. The third-order valence-electron chi connectivity index (χ3n) is 2.67. The number of pyridine rings is 1. The van der Waals surface area contributed by atoms with Crippen molar-refractivity contribution in [3.05, 3.63) is 46.4 Å². The molecule has 1 N–H and O–H groups in total. The van der Waals surface area contributed by atoms with E-state index in [4.69, 9.17) is 0 Å². The topological polar surface area (TPSA) is 42.2 Å². The number of aromatic nitrogens is 1. The summed E-state index contributed by atoms with van der Waals surface area (Å²) < 4.78 is 0.752. The van der Waals surface area contributed by atoms with Gasteiger partial charge in [-0.05, 0) is 17.5 Å². The largest absolute Gasteiger partial charge is 0.425 e. The van der Waals surface area contributed by atoms with Gasteiger partial charge in [-0.1, -0.05) is 39.0 Å². The molecule has 2 aromatic rings. The quantitative estimate of drug-likeness (QED) is 0.689. The van der Waals surface area contributed by atoms with E-state index in [1.54, 1.807) is 12.1 Å². The highest BCUT2D eigenvalue weighted by Crippen LogP contribution is 2.23. The SMILES string of the molecule is CC(C)(C)c1cc2ccccc2c(=O)n1O. The Labute approximate surface area is 93.9 Å². The van der Waals surface area contributed by atoms with Crippen molar-refractivity contribution >= 4 is 10.8 Å². The van der Waals surface area contributed by atoms with E-state index in [0.717, 1.165) is 10.1 Å². The zero-order chi connectivity index (χ0) is 11.9. The summed E-state index contributed by atoms with van der Waals surface area (Å²) in [7, 11) is 0. The lowest BCUT2D eigenvalue weighted by atomic mass is 9.90. The van der Waals surface area contributed by atoms with Crippen molar-refractivity contribution < 1.29 is 5.21 Å². The van der Waals surface area contributed by atoms with Gasteiger partial charge < -0.3 is 5.21 Å². The molecule has 0 aliphatic rings. The molecule has 1 aromatic heterocycles. The molecule has 3 heteroatoms. The summed E-state index contributed by atoms with van der Waals surface area (Å²) in [5.74, 6) is 0. The van der Waals surface area contributed by atoms with Gasteiger partial charge in [0.25, 0.3) is 5.56 Å². The molecule has 16 heavy (non-hydrogen) atoms. The maximum Gasteiger partial charge on any atom is 0.290 e. The van der Waals surface area contributed by atoms with E-state index in [1.807, 2.05) is 39.0 Å². The first kappa shape index (κ1) is 10.7. The van der Waals surface area contributed by atoms with Crippen molar-refractivity contribution in [3.8, 4) is 0 Å². The van der Waals surface area contributed by atoms with E-state index in [0.29, 0.717) is 11.1 Å². The molecule has 0 aliphatic carbocycles. The van der Waals surface area contributed by atoms with Crippen molar-refractivity contribution in [1.82, 2.24) is 4.73 Å². The smallest absolute Gasteiger partial charge is 0.290 e. The van der Waals surface area contributed by atoms with Crippen molar-refractivity contribution in [2.45, 2.75) is 26.2 Å². The molecule has 1 aromatic carbocycles. The van der Waals surface area contributed by atoms with E-state index in [1.165, 1.54) is 0 Å². The van der Waals surface area contributed by atoms with Crippen LogP contribution in [0.3, 0.4) is 0 Å². The fourth-order valence-electron chi connectivity index (χ4n) is 1.78. The van der Waals surface area contributed by atoms with Crippen LogP contribution in [-0.4, -0.2) is 9.94 Å². The molecule has 0 radical (unpaired) electrons. The lowest BCUT2D eigenvalue weighted by Crippen LogP contribution is -2.28. The molecule has 0 bridgehead atoms. The first-order valence-corrected chi connectivity index (χ1v) is 5.26. The highest BCUT2D eigenvalue weighted by Gasteiger charge is 2.20. The second-order valence-corrected chi connectivity index (χ2v) is 4.98. The molecule has 0 atom stereocenters. The third-order valence-corrected chi connectivity index (χ3v) is 2.67. The van der Waals surface area contributed by atoms with Gasteiger partial charge in [-0.25, -0.2) is 0 Å². The Balaban J connectivity index is 2.90. The molecule has 0 fully saturated rings. The second-order valence-electron chi connectivity index (χ2n) is 4.98. The minimum absolute atomic E-state index is 0.266. The van der Waals surface area contributed by atoms with Gasteiger partial charge in [-0.2, -0.15) is 4.73 Å². The number of rotatable bonds is 0. The van der Waals surface area contributed by atoms with Gasteiger partial charge in [0.1, 0.15) is 0 Å². The lowest BCUT2D eigenvalue weighted by Gasteiger charge is -2.21. The highest BCUT2D eigenvalue weighted by molar-refractivity contribution is 5.81. The number of fused-ring (bicyclic) bond motifs is 1. The summed E-state index contributed by atoms with van der Waals surface area (Å²) in [6.07, 6.45) is 0. The van der Waals surface area contributed by atoms with Crippen LogP contribution in [0.5, 0.6) is 0 Å². The van der Waals surface area contributed by atoms with Crippen LogP contribution in [0.4, 0.5) is 0 Å². The molecule has 0 saturated carbocycles. The molecule has 0 saturated heterocycles. The molecule has 0 unspecified atom stereocenters. The maximum absolute atomic E-state index is 11.9. The Hall–Kier alpha value is -1.77. The van der Waals surface area contributed by atoms with E-state index in [-0.39, 0.29) is 11.0 Å². The minimum Gasteiger partial charge on any atom is -0.425 e. The maximum atomic E-state index is 11.9. The normalized spacial score (nSPS) is 11.9. The average molecular weight is 217 g/mol. The third kappa shape index (κ3) is 1.58. The zero-order valence-electron chi connectivity index (χ0n) is 9.69. The van der Waals surface area contributed by atoms with Crippen LogP contribution < -0.4 is 5.56 Å². The van der Waals surface area contributed by atoms with Gasteiger partial charge in [0.2, 0.25) is 0 Å². The zero-order valence-corrected chi connectivity index (χ0v) is 9.69. The van der Waals surface area contributed by atoms with E-state index >= 15 is 0 Å². The molecular weight excluding hydrogens is 202 g/mol. The summed E-state index contributed by atoms with van der Waals surface area (Å²) in [5, 5.41) is 11.2. The fraction of sp³-hybridized carbons (Fsp3) is 0.308. The van der Waals surface area contributed by atoms with Crippen LogP contribution in [0.1, 0.15) is 26.5 Å². The number of nitrogens with zero attached hydrogens (tertiary/aromatic N) is 1. The van der Waals surface area contributed by atoms with Gasteiger partial charge in [0, 0.05) is 5.41 Å². The summed E-state index contributed by atoms with van der Waals surface area (Å²) in [4.78, 5) is 11.9. The van der Waals surface area contributed by atoms with Crippen LogP contribution in [0.25, 0.3) is 10.8 Å². The summed E-state index contributed by atoms with van der Waals surface area (Å²) >= 11 is 0. The number of benzene rings is 1. The van der Waals surface area contributed by atoms with Crippen LogP contribution in [-0.2, 0) is 5.41 Å². The first-order chi connectivity index (χ1) is 7.41. The summed E-state index contributed by atoms with van der Waals surface area (Å²) in [5.41, 5.74) is -0.00276. The molecule has 1 heterocycles. The molecule has 0 spiro atoms. The monoisotopic (exact) mass is 217 g/mol. The van der Waals surface area contributed by atoms with Crippen molar-refractivity contribution in [2.24, 2.45) is 0 Å². The van der Waals surface area contributed by atoms with Gasteiger partial charge in [0.15, 0.2) is 0 Å². The predicted molar refractivity (Wildman–Crippen MR) is 64.1 cm³/mol. The first-order valence-electron chi connectivity index (χ1n) is 5.26. The van der Waals surface area contributed by atoms with E-state index in [9.17, 15) is 10.0 Å². The standard InChI is InChI=1S/C13H15NO2/c1-13(2,3)11-8-9-6-4-5-7-10(9)12(15)14(11)16/h4-8,16H,1-3H3. The molecule has 3 nitrogen and oxygen atoms in total. The van der Waals surface area contributed by atoms with E-state index in [2.05, 4.69) is 0 Å². The Morgan fingerprint density at radius 3 is 2.44 bits per heavy atom. The van der Waals surface area contributed by atoms with Gasteiger partial charge in [-0.15, -0.1) is 0 Å². The minimum atomic E-state index is -0.358. The van der Waals surface area contributed by atoms with Crippen LogP contribution in [0.2, 0.25) is 0 Å². The Morgan fingerprint density at radius 1 is 1.19 bits per heavy atom. The Morgan fingerprint density at radius 2 is 1.81 bits per heavy atom. The second kappa shape index (κ2) is 3.37. The predicted octanol–water partition coefficient (Wildman–Crippen LogP) is 2.54. The van der Waals surface area contributed by atoms with Gasteiger partial charge in [-0.3, -0.25) is 4.79 Å². The summed E-state index contributed by atoms with van der Waals surface area (Å²) in [6.45, 7) is 5.88. The van der Waals surface area contributed by atoms with Crippen molar-refractivity contribution in [2.75, 3.05) is 0 Å². The Kier molecular flexibility index (Phi) is 2.26. The highest BCUT2D eigenvalue weighted by atomic mass is 16.5. The molecule has 84 valence electrons. The van der Waals surface area contributed by atoms with Crippen LogP contribution in [0, 0.1) is 0 Å². The van der Waals surface area contributed by atoms with Gasteiger partial charge >= 0.3 is 0 Å². The molecule has 0 aliphatic heterocycles. The fourth-order valence-corrected chi connectivity index (χ4v) is 1.78. The molecule has 2 rings (SSSR count).